The number of pyridine rings is 1. The lowest BCUT2D eigenvalue weighted by Gasteiger charge is -2.06. The second kappa shape index (κ2) is 7.81. The lowest BCUT2D eigenvalue weighted by molar-refractivity contribution is 0.640. The Balaban J connectivity index is 1.33. The van der Waals surface area contributed by atoms with Crippen molar-refractivity contribution in [3.8, 4) is 11.4 Å². The van der Waals surface area contributed by atoms with Gasteiger partial charge in [0, 0.05) is 11.4 Å². The van der Waals surface area contributed by atoms with E-state index in [0.717, 1.165) is 28.5 Å². The van der Waals surface area contributed by atoms with Crippen molar-refractivity contribution in [3.05, 3.63) is 89.3 Å². The van der Waals surface area contributed by atoms with Gasteiger partial charge in [0.1, 0.15) is 16.7 Å². The molecule has 154 valence electrons. The molecule has 0 saturated carbocycles. The maximum Gasteiger partial charge on any atom is 0.134 e. The monoisotopic (exact) mass is 433 g/mol. The van der Waals surface area contributed by atoms with Gasteiger partial charge in [0.2, 0.25) is 0 Å². The molecule has 3 heterocycles. The van der Waals surface area contributed by atoms with E-state index in [0.29, 0.717) is 22.6 Å². The van der Waals surface area contributed by atoms with Gasteiger partial charge in [0.05, 0.1) is 41.2 Å². The normalized spacial score (nSPS) is 11.2. The summed E-state index contributed by atoms with van der Waals surface area (Å²) >= 11 is 6.00. The summed E-state index contributed by atoms with van der Waals surface area (Å²) in [7, 11) is 0. The summed E-state index contributed by atoms with van der Waals surface area (Å²) in [6, 6.07) is 16.3. The van der Waals surface area contributed by atoms with Crippen LogP contribution in [0, 0.1) is 12.7 Å². The fourth-order valence-corrected chi connectivity index (χ4v) is 3.65. The molecule has 0 atom stereocenters. The third kappa shape index (κ3) is 3.85. The van der Waals surface area contributed by atoms with E-state index in [4.69, 9.17) is 11.6 Å². The highest BCUT2D eigenvalue weighted by molar-refractivity contribution is 6.29. The second-order valence-electron chi connectivity index (χ2n) is 7.07. The molecule has 0 aliphatic carbocycles. The summed E-state index contributed by atoms with van der Waals surface area (Å²) < 4.78 is 17.3. The van der Waals surface area contributed by atoms with E-state index in [1.807, 2.05) is 49.5 Å². The number of rotatable bonds is 5. The van der Waals surface area contributed by atoms with Crippen LogP contribution >= 0.6 is 11.6 Å². The van der Waals surface area contributed by atoms with Crippen molar-refractivity contribution in [2.45, 2.75) is 13.5 Å². The molecule has 3 aromatic heterocycles. The molecule has 2 aromatic carbocycles. The molecule has 9 heteroatoms. The molecule has 31 heavy (non-hydrogen) atoms. The third-order valence-corrected chi connectivity index (χ3v) is 5.05. The molecule has 0 spiro atoms. The maximum atomic E-state index is 13.9. The molecule has 1 N–H and O–H groups in total. The van der Waals surface area contributed by atoms with Crippen LogP contribution in [-0.4, -0.2) is 29.8 Å². The average Bonchev–Trinajstić information content (AvgIpc) is 3.40. The smallest absolute Gasteiger partial charge is 0.134 e. The fraction of sp³-hybridized carbons (Fsp3) is 0.0909. The number of fused-ring (bicyclic) bond motifs is 1. The highest BCUT2D eigenvalue weighted by Gasteiger charge is 2.09. The van der Waals surface area contributed by atoms with Crippen LogP contribution in [0.2, 0.25) is 5.15 Å². The highest BCUT2D eigenvalue weighted by Crippen LogP contribution is 2.22. The Hall–Kier alpha value is -3.78. The average molecular weight is 434 g/mol. The first kappa shape index (κ1) is 19.2. The lowest BCUT2D eigenvalue weighted by atomic mass is 10.2. The van der Waals surface area contributed by atoms with E-state index in [-0.39, 0.29) is 5.82 Å². The molecular formula is C22H17ClFN7. The molecule has 5 rings (SSSR count). The largest absolute Gasteiger partial charge is 0.379 e. The molecular weight excluding hydrogens is 417 g/mol. The zero-order chi connectivity index (χ0) is 21.4. The Morgan fingerprint density at radius 1 is 1.06 bits per heavy atom. The minimum atomic E-state index is -0.284. The molecule has 7 nitrogen and oxygen atoms in total. The topological polar surface area (TPSA) is 73.5 Å². The van der Waals surface area contributed by atoms with Crippen LogP contribution < -0.4 is 5.32 Å². The van der Waals surface area contributed by atoms with Crippen LogP contribution in [0.25, 0.3) is 22.3 Å². The van der Waals surface area contributed by atoms with Gasteiger partial charge in [-0.15, -0.1) is 5.10 Å². The number of nitrogens with one attached hydrogen (secondary N) is 1. The van der Waals surface area contributed by atoms with Gasteiger partial charge >= 0.3 is 0 Å². The Labute approximate surface area is 182 Å². The number of hydrogen-bond donors (Lipinski definition) is 1. The SMILES string of the molecule is Cc1cc(NCc2cn(-c3ccc(-n4ncc5c(F)cccc54)cc3)nn2)cc(Cl)n1. The lowest BCUT2D eigenvalue weighted by Crippen LogP contribution is -2.01. The van der Waals surface area contributed by atoms with Crippen molar-refractivity contribution in [2.75, 3.05) is 5.32 Å². The molecule has 0 radical (unpaired) electrons. The summed E-state index contributed by atoms with van der Waals surface area (Å²) in [6.45, 7) is 2.39. The number of aryl methyl sites for hydroxylation is 1. The predicted octanol–water partition coefficient (Wildman–Crippen LogP) is 4.71. The van der Waals surface area contributed by atoms with Gasteiger partial charge < -0.3 is 5.32 Å². The quantitative estimate of drug-likeness (QED) is 0.406. The molecule has 0 bridgehead atoms. The molecule has 0 saturated heterocycles. The summed E-state index contributed by atoms with van der Waals surface area (Å²) in [6.07, 6.45) is 3.39. The number of halogens is 2. The standard InChI is InChI=1S/C22H17ClFN7/c1-14-9-15(10-22(23)27-14)25-11-16-13-30(29-28-16)17-5-7-18(8-6-17)31-21-4-2-3-20(24)19(21)12-26-31/h2-10,12-13H,11H2,1H3,(H,25,27). The van der Waals surface area contributed by atoms with Crippen molar-refractivity contribution >= 4 is 28.2 Å². The number of anilines is 1. The minimum absolute atomic E-state index is 0.284. The maximum absolute atomic E-state index is 13.9. The van der Waals surface area contributed by atoms with Crippen molar-refractivity contribution in [2.24, 2.45) is 0 Å². The van der Waals surface area contributed by atoms with Crippen LogP contribution in [0.5, 0.6) is 0 Å². The molecule has 0 amide bonds. The van der Waals surface area contributed by atoms with Crippen LogP contribution in [-0.2, 0) is 6.54 Å². The van der Waals surface area contributed by atoms with Crippen molar-refractivity contribution in [1.29, 1.82) is 0 Å². The Kier molecular flexibility index (Phi) is 4.83. The molecule has 0 unspecified atom stereocenters. The van der Waals surface area contributed by atoms with Crippen LogP contribution in [0.4, 0.5) is 10.1 Å². The Bertz CT molecular complexity index is 1350. The van der Waals surface area contributed by atoms with Gasteiger partial charge in [-0.3, -0.25) is 0 Å². The van der Waals surface area contributed by atoms with E-state index in [9.17, 15) is 4.39 Å². The Morgan fingerprint density at radius 2 is 1.87 bits per heavy atom. The van der Waals surface area contributed by atoms with Gasteiger partial charge in [-0.1, -0.05) is 22.9 Å². The molecule has 5 aromatic rings. The summed E-state index contributed by atoms with van der Waals surface area (Å²) in [5, 5.41) is 16.9. The van der Waals surface area contributed by atoms with E-state index in [2.05, 4.69) is 25.7 Å². The van der Waals surface area contributed by atoms with E-state index >= 15 is 0 Å². The molecule has 0 fully saturated rings. The van der Waals surface area contributed by atoms with Gasteiger partial charge in [-0.05, 0) is 55.5 Å². The zero-order valence-electron chi connectivity index (χ0n) is 16.5. The number of hydrogen-bond acceptors (Lipinski definition) is 5. The number of aromatic nitrogens is 6. The first-order valence-electron chi connectivity index (χ1n) is 9.59. The van der Waals surface area contributed by atoms with Crippen molar-refractivity contribution in [1.82, 2.24) is 29.8 Å². The van der Waals surface area contributed by atoms with Gasteiger partial charge in [0.25, 0.3) is 0 Å². The zero-order valence-corrected chi connectivity index (χ0v) is 17.3. The van der Waals surface area contributed by atoms with Crippen LogP contribution in [0.3, 0.4) is 0 Å². The van der Waals surface area contributed by atoms with E-state index in [1.165, 1.54) is 12.3 Å². The fourth-order valence-electron chi connectivity index (χ4n) is 3.40. The number of benzene rings is 2. The highest BCUT2D eigenvalue weighted by atomic mass is 35.5. The first-order chi connectivity index (χ1) is 15.1. The molecule has 0 aliphatic heterocycles. The predicted molar refractivity (Wildman–Crippen MR) is 117 cm³/mol. The van der Waals surface area contributed by atoms with Crippen molar-refractivity contribution in [3.63, 3.8) is 0 Å². The third-order valence-electron chi connectivity index (χ3n) is 4.86. The summed E-state index contributed by atoms with van der Waals surface area (Å²) in [5.74, 6) is -0.284. The minimum Gasteiger partial charge on any atom is -0.379 e. The first-order valence-corrected chi connectivity index (χ1v) is 9.97. The summed E-state index contributed by atoms with van der Waals surface area (Å²) in [5.41, 5.74) is 4.89. The van der Waals surface area contributed by atoms with Gasteiger partial charge in [-0.2, -0.15) is 5.10 Å². The van der Waals surface area contributed by atoms with Crippen molar-refractivity contribution < 1.29 is 4.39 Å². The van der Waals surface area contributed by atoms with Crippen LogP contribution in [0.15, 0.2) is 67.0 Å². The van der Waals surface area contributed by atoms with E-state index in [1.54, 1.807) is 21.5 Å². The van der Waals surface area contributed by atoms with Gasteiger partial charge in [-0.25, -0.2) is 18.7 Å². The van der Waals surface area contributed by atoms with Crippen LogP contribution in [0.1, 0.15) is 11.4 Å². The van der Waals surface area contributed by atoms with Gasteiger partial charge in [0.15, 0.2) is 0 Å². The van der Waals surface area contributed by atoms with E-state index < -0.39 is 0 Å². The number of nitrogens with zero attached hydrogens (tertiary/aromatic N) is 6. The Morgan fingerprint density at radius 3 is 2.68 bits per heavy atom. The second-order valence-corrected chi connectivity index (χ2v) is 7.46. The molecule has 0 aliphatic rings. The summed E-state index contributed by atoms with van der Waals surface area (Å²) in [4.78, 5) is 4.15.